The Kier molecular flexibility index (Phi) is 6.65. The van der Waals surface area contributed by atoms with Crippen LogP contribution in [0.5, 0.6) is 0 Å². The summed E-state index contributed by atoms with van der Waals surface area (Å²) in [6.45, 7) is 2.20. The fraction of sp³-hybridized carbons (Fsp3) is 0.0244. The molecular weight excluding hydrogens is 548 g/mol. The second kappa shape index (κ2) is 11.3. The van der Waals surface area contributed by atoms with Gasteiger partial charge in [0.25, 0.3) is 0 Å². The lowest BCUT2D eigenvalue weighted by molar-refractivity contribution is 1.17. The van der Waals surface area contributed by atoms with E-state index in [0.29, 0.717) is 0 Å². The van der Waals surface area contributed by atoms with Crippen LogP contribution in [0.4, 0.5) is 17.1 Å². The molecule has 0 bridgehead atoms. The zero-order valence-electron chi connectivity index (χ0n) is 24.9. The van der Waals surface area contributed by atoms with Crippen molar-refractivity contribution in [3.8, 4) is 27.9 Å². The summed E-state index contributed by atoms with van der Waals surface area (Å²) in [5.41, 5.74) is 12.6. The highest BCUT2D eigenvalue weighted by Crippen LogP contribution is 2.40. The number of aryl methyl sites for hydroxylation is 1. The first kappa shape index (κ1) is 26.6. The monoisotopic (exact) mass is 578 g/mol. The third-order valence-electron chi connectivity index (χ3n) is 8.48. The van der Waals surface area contributed by atoms with Gasteiger partial charge in [0, 0.05) is 51.5 Å². The Morgan fingerprint density at radius 3 is 1.89 bits per heavy atom. The van der Waals surface area contributed by atoms with Gasteiger partial charge in [0.2, 0.25) is 0 Å². The van der Waals surface area contributed by atoms with Gasteiger partial charge in [0.05, 0.1) is 11.0 Å². The van der Waals surface area contributed by atoms with Crippen LogP contribution >= 0.6 is 0 Å². The van der Waals surface area contributed by atoms with E-state index in [4.69, 9.17) is 0 Å². The zero-order chi connectivity index (χ0) is 30.2. The van der Waals surface area contributed by atoms with Crippen LogP contribution in [0.15, 0.2) is 164 Å². The van der Waals surface area contributed by atoms with Gasteiger partial charge in [-0.25, -0.2) is 9.97 Å². The second-order valence-corrected chi connectivity index (χ2v) is 11.3. The van der Waals surface area contributed by atoms with Crippen molar-refractivity contribution in [2.75, 3.05) is 4.90 Å². The van der Waals surface area contributed by atoms with Crippen LogP contribution in [0.25, 0.3) is 49.7 Å². The van der Waals surface area contributed by atoms with Crippen molar-refractivity contribution in [2.45, 2.75) is 6.92 Å². The van der Waals surface area contributed by atoms with E-state index in [0.717, 1.165) is 33.9 Å². The molecule has 0 aliphatic heterocycles. The van der Waals surface area contributed by atoms with E-state index in [1.54, 1.807) is 6.33 Å². The maximum atomic E-state index is 4.20. The molecule has 0 aliphatic rings. The maximum absolute atomic E-state index is 4.20. The number of aromatic nitrogens is 3. The predicted octanol–water partition coefficient (Wildman–Crippen LogP) is 10.7. The number of para-hydroxylation sites is 3. The second-order valence-electron chi connectivity index (χ2n) is 11.3. The van der Waals surface area contributed by atoms with Gasteiger partial charge in [-0.1, -0.05) is 78.9 Å². The predicted molar refractivity (Wildman–Crippen MR) is 187 cm³/mol. The first-order valence-corrected chi connectivity index (χ1v) is 15.1. The van der Waals surface area contributed by atoms with Crippen LogP contribution in [-0.4, -0.2) is 14.5 Å². The van der Waals surface area contributed by atoms with Gasteiger partial charge < -0.3 is 9.47 Å². The van der Waals surface area contributed by atoms with Gasteiger partial charge in [-0.2, -0.15) is 0 Å². The number of hydrogen-bond acceptors (Lipinski definition) is 3. The first-order chi connectivity index (χ1) is 22.2. The van der Waals surface area contributed by atoms with Crippen molar-refractivity contribution in [1.29, 1.82) is 0 Å². The van der Waals surface area contributed by atoms with Gasteiger partial charge in [0.1, 0.15) is 6.33 Å². The number of rotatable bonds is 6. The molecule has 0 N–H and O–H groups in total. The highest BCUT2D eigenvalue weighted by Gasteiger charge is 2.17. The Balaban J connectivity index is 1.25. The fourth-order valence-electron chi connectivity index (χ4n) is 6.40. The minimum absolute atomic E-state index is 1.01. The molecule has 214 valence electrons. The van der Waals surface area contributed by atoms with Crippen molar-refractivity contribution in [3.63, 3.8) is 0 Å². The molecule has 0 radical (unpaired) electrons. The molecule has 4 nitrogen and oxygen atoms in total. The molecule has 0 unspecified atom stereocenters. The van der Waals surface area contributed by atoms with E-state index in [2.05, 4.69) is 172 Å². The molecule has 2 aromatic heterocycles. The third kappa shape index (κ3) is 4.83. The Hall–Kier alpha value is -6.00. The van der Waals surface area contributed by atoms with Crippen molar-refractivity contribution in [2.24, 2.45) is 0 Å². The molecule has 8 aromatic rings. The molecule has 8 rings (SSSR count). The van der Waals surface area contributed by atoms with E-state index in [9.17, 15) is 0 Å². The largest absolute Gasteiger partial charge is 0.310 e. The van der Waals surface area contributed by atoms with Crippen LogP contribution in [0, 0.1) is 6.92 Å². The Bertz CT molecular complexity index is 2230. The molecule has 0 amide bonds. The molecule has 0 saturated carbocycles. The zero-order valence-corrected chi connectivity index (χ0v) is 24.9. The number of anilines is 3. The van der Waals surface area contributed by atoms with E-state index in [1.165, 1.54) is 38.5 Å². The number of nitrogens with zero attached hydrogens (tertiary/aromatic N) is 4. The standard InChI is InChI=1S/C41H30N4/c1-29-23-35(19-21-37(29)31-12-10-11-30(24-31)32-26-42-28-43-27-32)45-40-18-9-8-17-38(40)39-25-36(20-22-41(39)45)44(33-13-4-2-5-14-33)34-15-6-3-7-16-34/h2-28H,1H3. The molecule has 2 heterocycles. The molecule has 0 spiro atoms. The average Bonchev–Trinajstić information content (AvgIpc) is 3.43. The van der Waals surface area contributed by atoms with Crippen LogP contribution in [-0.2, 0) is 0 Å². The van der Waals surface area contributed by atoms with Gasteiger partial charge in [0.15, 0.2) is 0 Å². The van der Waals surface area contributed by atoms with Gasteiger partial charge in [-0.15, -0.1) is 0 Å². The smallest absolute Gasteiger partial charge is 0.115 e. The minimum Gasteiger partial charge on any atom is -0.310 e. The Labute approximate surface area is 262 Å². The van der Waals surface area contributed by atoms with Crippen molar-refractivity contribution >= 4 is 38.9 Å². The van der Waals surface area contributed by atoms with Gasteiger partial charge in [-0.3, -0.25) is 0 Å². The molecule has 0 saturated heterocycles. The molecule has 45 heavy (non-hydrogen) atoms. The topological polar surface area (TPSA) is 34.0 Å². The first-order valence-electron chi connectivity index (χ1n) is 15.1. The van der Waals surface area contributed by atoms with Crippen LogP contribution in [0.2, 0.25) is 0 Å². The van der Waals surface area contributed by atoms with Crippen LogP contribution in [0.3, 0.4) is 0 Å². The van der Waals surface area contributed by atoms with Crippen LogP contribution in [0.1, 0.15) is 5.56 Å². The highest BCUT2D eigenvalue weighted by atomic mass is 15.1. The lowest BCUT2D eigenvalue weighted by Gasteiger charge is -2.25. The summed E-state index contributed by atoms with van der Waals surface area (Å²) in [7, 11) is 0. The van der Waals surface area contributed by atoms with E-state index in [1.807, 2.05) is 12.4 Å². The lowest BCUT2D eigenvalue weighted by atomic mass is 9.97. The molecular formula is C41H30N4. The molecule has 0 aliphatic carbocycles. The van der Waals surface area contributed by atoms with E-state index >= 15 is 0 Å². The van der Waals surface area contributed by atoms with Gasteiger partial charge >= 0.3 is 0 Å². The summed E-state index contributed by atoms with van der Waals surface area (Å²) in [5, 5.41) is 2.45. The summed E-state index contributed by atoms with van der Waals surface area (Å²) in [4.78, 5) is 10.7. The minimum atomic E-state index is 1.01. The number of fused-ring (bicyclic) bond motifs is 3. The fourth-order valence-corrected chi connectivity index (χ4v) is 6.40. The lowest BCUT2D eigenvalue weighted by Crippen LogP contribution is -2.09. The van der Waals surface area contributed by atoms with Crippen molar-refractivity contribution < 1.29 is 0 Å². The summed E-state index contributed by atoms with van der Waals surface area (Å²) in [6, 6.07) is 52.0. The summed E-state index contributed by atoms with van der Waals surface area (Å²) in [5.74, 6) is 0. The molecule has 6 aromatic carbocycles. The molecule has 0 atom stereocenters. The SMILES string of the molecule is Cc1cc(-n2c3ccccc3c3cc(N(c4ccccc4)c4ccccc4)ccc32)ccc1-c1cccc(-c2cncnc2)c1. The quantitative estimate of drug-likeness (QED) is 0.197. The van der Waals surface area contributed by atoms with Crippen LogP contribution < -0.4 is 4.90 Å². The van der Waals surface area contributed by atoms with Crippen molar-refractivity contribution in [3.05, 3.63) is 170 Å². The number of hydrogen-bond donors (Lipinski definition) is 0. The Morgan fingerprint density at radius 1 is 0.489 bits per heavy atom. The van der Waals surface area contributed by atoms with Gasteiger partial charge in [-0.05, 0) is 95.9 Å². The van der Waals surface area contributed by atoms with Crippen molar-refractivity contribution in [1.82, 2.24) is 14.5 Å². The average molecular weight is 579 g/mol. The third-order valence-corrected chi connectivity index (χ3v) is 8.48. The molecule has 0 fully saturated rings. The maximum Gasteiger partial charge on any atom is 0.115 e. The van der Waals surface area contributed by atoms with E-state index < -0.39 is 0 Å². The Morgan fingerprint density at radius 2 is 1.16 bits per heavy atom. The summed E-state index contributed by atoms with van der Waals surface area (Å²) < 4.78 is 2.39. The van der Waals surface area contributed by atoms with E-state index in [-0.39, 0.29) is 0 Å². The number of benzene rings is 6. The summed E-state index contributed by atoms with van der Waals surface area (Å²) >= 11 is 0. The highest BCUT2D eigenvalue weighted by molar-refractivity contribution is 6.10. The molecule has 4 heteroatoms. The summed E-state index contributed by atoms with van der Waals surface area (Å²) in [6.07, 6.45) is 5.28. The normalized spacial score (nSPS) is 11.2.